The third-order valence-electron chi connectivity index (χ3n) is 3.59. The third-order valence-corrected chi connectivity index (χ3v) is 5.82. The van der Waals surface area contributed by atoms with E-state index in [1.54, 1.807) is 11.8 Å². The first-order valence-corrected chi connectivity index (χ1v) is 9.21. The van der Waals surface area contributed by atoms with E-state index in [1.165, 1.54) is 11.3 Å². The number of rotatable bonds is 5. The van der Waals surface area contributed by atoms with Crippen molar-refractivity contribution in [3.05, 3.63) is 4.88 Å². The van der Waals surface area contributed by atoms with Gasteiger partial charge in [-0.3, -0.25) is 9.69 Å². The summed E-state index contributed by atoms with van der Waals surface area (Å²) >= 11 is 3.02. The Bertz CT molecular complexity index is 507. The molecule has 4 N–H and O–H groups in total. The molecule has 0 unspecified atom stereocenters. The number of nitrogens with zero attached hydrogens (tertiary/aromatic N) is 2. The fraction of sp³-hybridized carbons (Fsp3) is 0.643. The summed E-state index contributed by atoms with van der Waals surface area (Å²) < 4.78 is 0. The van der Waals surface area contributed by atoms with Crippen LogP contribution in [0.1, 0.15) is 23.5 Å². The van der Waals surface area contributed by atoms with Crippen LogP contribution in [0.3, 0.4) is 0 Å². The molecule has 2 rings (SSSR count). The number of amides is 1. The van der Waals surface area contributed by atoms with E-state index in [9.17, 15) is 4.79 Å². The van der Waals surface area contributed by atoms with E-state index in [0.29, 0.717) is 16.5 Å². The molecule has 0 atom stereocenters. The predicted octanol–water partition coefficient (Wildman–Crippen LogP) is 1.93. The van der Waals surface area contributed by atoms with E-state index in [0.717, 1.165) is 42.6 Å². The summed E-state index contributed by atoms with van der Waals surface area (Å²) in [6.07, 6.45) is 1.99. The van der Waals surface area contributed by atoms with Crippen molar-refractivity contribution < 1.29 is 4.79 Å². The van der Waals surface area contributed by atoms with Gasteiger partial charge in [-0.05, 0) is 12.2 Å². The summed E-state index contributed by atoms with van der Waals surface area (Å²) in [4.78, 5) is 17.8. The van der Waals surface area contributed by atoms with Gasteiger partial charge in [0.25, 0.3) is 5.91 Å². The quantitative estimate of drug-likeness (QED) is 0.808. The van der Waals surface area contributed by atoms with Crippen molar-refractivity contribution in [2.45, 2.75) is 18.7 Å². The molecule has 1 aromatic rings. The molecule has 21 heavy (non-hydrogen) atoms. The first-order valence-electron chi connectivity index (χ1n) is 7.17. The molecule has 1 saturated heterocycles. The number of thioether (sulfide) groups is 1. The number of carbonyl (C=O) groups is 1. The average Bonchev–Trinajstić information content (AvgIpc) is 2.76. The Kier molecular flexibility index (Phi) is 5.40. The van der Waals surface area contributed by atoms with Crippen molar-refractivity contribution in [3.63, 3.8) is 0 Å². The molecule has 5 nitrogen and oxygen atoms in total. The highest BCUT2D eigenvalue weighted by Crippen LogP contribution is 2.43. The standard InChI is InChI=1S/C14H24N4OS2/c1-9(2)8-17-4-6-18(7-5-17)14-12(20-3)10(15)11(21-14)13(16)19/h9H,4-8,15H2,1-3H3,(H2,16,19). The zero-order valence-corrected chi connectivity index (χ0v) is 14.5. The number of carbonyl (C=O) groups excluding carboxylic acids is 1. The van der Waals surface area contributed by atoms with E-state index in [-0.39, 0.29) is 0 Å². The van der Waals surface area contributed by atoms with Gasteiger partial charge in [0.2, 0.25) is 0 Å². The van der Waals surface area contributed by atoms with Crippen molar-refractivity contribution >= 4 is 39.7 Å². The molecule has 1 fully saturated rings. The first kappa shape index (κ1) is 16.5. The van der Waals surface area contributed by atoms with Crippen LogP contribution >= 0.6 is 23.1 Å². The zero-order valence-electron chi connectivity index (χ0n) is 12.9. The van der Waals surface area contributed by atoms with E-state index in [1.807, 2.05) is 6.26 Å². The Morgan fingerprint density at radius 3 is 2.43 bits per heavy atom. The van der Waals surface area contributed by atoms with Crippen LogP contribution in [0.4, 0.5) is 10.7 Å². The number of primary amides is 1. The van der Waals surface area contributed by atoms with Crippen LogP contribution in [0.2, 0.25) is 0 Å². The lowest BCUT2D eigenvalue weighted by Crippen LogP contribution is -2.47. The minimum absolute atomic E-state index is 0.433. The highest BCUT2D eigenvalue weighted by molar-refractivity contribution is 7.99. The van der Waals surface area contributed by atoms with Crippen LogP contribution < -0.4 is 16.4 Å². The maximum Gasteiger partial charge on any atom is 0.261 e. The number of nitrogens with two attached hydrogens (primary N) is 2. The molecule has 0 aromatic carbocycles. The lowest BCUT2D eigenvalue weighted by molar-refractivity contribution is 0.100. The predicted molar refractivity (Wildman–Crippen MR) is 92.5 cm³/mol. The Morgan fingerprint density at radius 2 is 1.95 bits per heavy atom. The Hall–Kier alpha value is -0.920. The van der Waals surface area contributed by atoms with Gasteiger partial charge in [-0.1, -0.05) is 13.8 Å². The molecule has 1 amide bonds. The van der Waals surface area contributed by atoms with Crippen molar-refractivity contribution in [2.75, 3.05) is 49.6 Å². The molecule has 118 valence electrons. The van der Waals surface area contributed by atoms with Gasteiger partial charge in [0.1, 0.15) is 9.88 Å². The monoisotopic (exact) mass is 328 g/mol. The normalized spacial score (nSPS) is 16.7. The fourth-order valence-electron chi connectivity index (χ4n) is 2.65. The molecular formula is C14H24N4OS2. The molecular weight excluding hydrogens is 304 g/mol. The van der Waals surface area contributed by atoms with Gasteiger partial charge < -0.3 is 16.4 Å². The van der Waals surface area contributed by atoms with E-state index in [2.05, 4.69) is 23.6 Å². The van der Waals surface area contributed by atoms with Crippen LogP contribution in [-0.4, -0.2) is 49.8 Å². The number of thiophene rings is 1. The number of hydrogen-bond acceptors (Lipinski definition) is 6. The van der Waals surface area contributed by atoms with Crippen molar-refractivity contribution in [3.8, 4) is 0 Å². The molecule has 1 aliphatic heterocycles. The highest BCUT2D eigenvalue weighted by Gasteiger charge is 2.25. The molecule has 2 heterocycles. The Morgan fingerprint density at radius 1 is 1.33 bits per heavy atom. The van der Waals surface area contributed by atoms with Crippen LogP contribution in [0.5, 0.6) is 0 Å². The Labute approximate surface area is 134 Å². The van der Waals surface area contributed by atoms with Crippen molar-refractivity contribution in [2.24, 2.45) is 11.7 Å². The average molecular weight is 329 g/mol. The van der Waals surface area contributed by atoms with Gasteiger partial charge in [-0.15, -0.1) is 23.1 Å². The van der Waals surface area contributed by atoms with Gasteiger partial charge in [-0.25, -0.2) is 0 Å². The van der Waals surface area contributed by atoms with E-state index < -0.39 is 5.91 Å². The number of hydrogen-bond donors (Lipinski definition) is 2. The van der Waals surface area contributed by atoms with Crippen LogP contribution in [0, 0.1) is 5.92 Å². The summed E-state index contributed by atoms with van der Waals surface area (Å²) in [5.74, 6) is 0.259. The molecule has 0 aliphatic carbocycles. The van der Waals surface area contributed by atoms with Gasteiger partial charge in [-0.2, -0.15) is 0 Å². The second-order valence-corrected chi connectivity index (χ2v) is 7.54. The smallest absolute Gasteiger partial charge is 0.261 e. The zero-order chi connectivity index (χ0) is 15.6. The van der Waals surface area contributed by atoms with Gasteiger partial charge in [0.05, 0.1) is 10.6 Å². The fourth-order valence-corrected chi connectivity index (χ4v) is 4.74. The van der Waals surface area contributed by atoms with Crippen molar-refractivity contribution in [1.82, 2.24) is 4.90 Å². The SMILES string of the molecule is CSc1c(N2CCN(CC(C)C)CC2)sc(C(N)=O)c1N. The molecule has 7 heteroatoms. The second-order valence-electron chi connectivity index (χ2n) is 5.73. The molecule has 0 saturated carbocycles. The van der Waals surface area contributed by atoms with Gasteiger partial charge in [0.15, 0.2) is 0 Å². The Balaban J connectivity index is 2.13. The summed E-state index contributed by atoms with van der Waals surface area (Å²) in [5, 5.41) is 1.10. The number of anilines is 2. The van der Waals surface area contributed by atoms with Crippen LogP contribution in [0.25, 0.3) is 0 Å². The second kappa shape index (κ2) is 6.89. The summed E-state index contributed by atoms with van der Waals surface area (Å²) in [5.41, 5.74) is 12.0. The largest absolute Gasteiger partial charge is 0.396 e. The third kappa shape index (κ3) is 3.64. The topological polar surface area (TPSA) is 75.6 Å². The van der Waals surface area contributed by atoms with E-state index in [4.69, 9.17) is 11.5 Å². The number of nitrogen functional groups attached to an aromatic ring is 1. The highest BCUT2D eigenvalue weighted by atomic mass is 32.2. The van der Waals surface area contributed by atoms with E-state index >= 15 is 0 Å². The first-order chi connectivity index (χ1) is 9.93. The summed E-state index contributed by atoms with van der Waals surface area (Å²) in [6, 6.07) is 0. The van der Waals surface area contributed by atoms with Crippen molar-refractivity contribution in [1.29, 1.82) is 0 Å². The molecule has 0 radical (unpaired) electrons. The number of piperazine rings is 1. The van der Waals surface area contributed by atoms with Crippen LogP contribution in [-0.2, 0) is 0 Å². The maximum absolute atomic E-state index is 11.5. The minimum atomic E-state index is -0.433. The summed E-state index contributed by atoms with van der Waals surface area (Å²) in [6.45, 7) is 9.68. The lowest BCUT2D eigenvalue weighted by Gasteiger charge is -2.36. The minimum Gasteiger partial charge on any atom is -0.396 e. The van der Waals surface area contributed by atoms with Crippen LogP contribution in [0.15, 0.2) is 4.90 Å². The van der Waals surface area contributed by atoms with Gasteiger partial charge >= 0.3 is 0 Å². The van der Waals surface area contributed by atoms with Gasteiger partial charge in [0, 0.05) is 32.7 Å². The summed E-state index contributed by atoms with van der Waals surface area (Å²) in [7, 11) is 0. The molecule has 1 aromatic heterocycles. The molecule has 0 bridgehead atoms. The molecule has 0 spiro atoms. The maximum atomic E-state index is 11.5. The molecule has 1 aliphatic rings. The lowest BCUT2D eigenvalue weighted by atomic mass is 10.2.